The topological polar surface area (TPSA) is 15.3 Å². The molecule has 0 radical (unpaired) electrons. The van der Waals surface area contributed by atoms with Gasteiger partial charge < -0.3 is 5.32 Å². The van der Waals surface area contributed by atoms with Crippen LogP contribution in [0.3, 0.4) is 0 Å². The lowest BCUT2D eigenvalue weighted by atomic mass is 9.70. The van der Waals surface area contributed by atoms with E-state index in [-0.39, 0.29) is 0 Å². The van der Waals surface area contributed by atoms with Gasteiger partial charge in [0.25, 0.3) is 0 Å². The summed E-state index contributed by atoms with van der Waals surface area (Å²) in [7, 11) is 0. The van der Waals surface area contributed by atoms with Crippen LogP contribution in [0, 0.1) is 11.3 Å². The second-order valence-corrected chi connectivity index (χ2v) is 8.52. The summed E-state index contributed by atoms with van der Waals surface area (Å²) in [5.74, 6) is 1.02. The van der Waals surface area contributed by atoms with Crippen molar-refractivity contribution in [1.82, 2.24) is 10.2 Å². The van der Waals surface area contributed by atoms with Crippen molar-refractivity contribution in [2.75, 3.05) is 13.1 Å². The van der Waals surface area contributed by atoms with Crippen molar-refractivity contribution < 1.29 is 0 Å². The molecule has 4 atom stereocenters. The average Bonchev–Trinajstić information content (AvgIpc) is 2.89. The van der Waals surface area contributed by atoms with E-state index in [4.69, 9.17) is 0 Å². The zero-order valence-electron chi connectivity index (χ0n) is 14.5. The summed E-state index contributed by atoms with van der Waals surface area (Å²) < 4.78 is 0. The molecule has 2 aliphatic carbocycles. The Bertz CT molecular complexity index is 338. The number of hydrogen-bond donors (Lipinski definition) is 1. The van der Waals surface area contributed by atoms with Crippen molar-refractivity contribution in [2.45, 2.75) is 96.7 Å². The van der Waals surface area contributed by atoms with E-state index in [0.29, 0.717) is 11.5 Å². The average molecular weight is 293 g/mol. The van der Waals surface area contributed by atoms with Crippen molar-refractivity contribution in [2.24, 2.45) is 11.3 Å². The second-order valence-electron chi connectivity index (χ2n) is 8.52. The summed E-state index contributed by atoms with van der Waals surface area (Å²) in [5, 5.41) is 3.94. The summed E-state index contributed by atoms with van der Waals surface area (Å²) in [5.41, 5.74) is 0.463. The highest BCUT2D eigenvalue weighted by molar-refractivity contribution is 5.02. The van der Waals surface area contributed by atoms with Crippen LogP contribution < -0.4 is 5.32 Å². The molecule has 0 aromatic rings. The molecule has 4 unspecified atom stereocenters. The van der Waals surface area contributed by atoms with E-state index < -0.39 is 0 Å². The van der Waals surface area contributed by atoms with Crippen molar-refractivity contribution >= 4 is 0 Å². The molecule has 21 heavy (non-hydrogen) atoms. The first-order valence-electron chi connectivity index (χ1n) is 9.62. The quantitative estimate of drug-likeness (QED) is 0.835. The van der Waals surface area contributed by atoms with Gasteiger partial charge in [0, 0.05) is 18.1 Å². The lowest BCUT2D eigenvalue weighted by Crippen LogP contribution is -2.60. The Balaban J connectivity index is 1.74. The molecule has 122 valence electrons. The van der Waals surface area contributed by atoms with Gasteiger partial charge >= 0.3 is 0 Å². The summed E-state index contributed by atoms with van der Waals surface area (Å²) in [4.78, 5) is 2.96. The smallest absolute Gasteiger partial charge is 0.0274 e. The third-order valence-corrected chi connectivity index (χ3v) is 6.64. The van der Waals surface area contributed by atoms with Gasteiger partial charge in [-0.25, -0.2) is 0 Å². The summed E-state index contributed by atoms with van der Waals surface area (Å²) in [6, 6.07) is 2.42. The van der Waals surface area contributed by atoms with Crippen LogP contribution in [0.5, 0.6) is 0 Å². The Morgan fingerprint density at radius 1 is 1.00 bits per heavy atom. The highest BCUT2D eigenvalue weighted by Crippen LogP contribution is 2.43. The van der Waals surface area contributed by atoms with Crippen LogP contribution in [-0.4, -0.2) is 36.1 Å². The largest absolute Gasteiger partial charge is 0.312 e. The Labute approximate surface area is 132 Å². The fraction of sp³-hybridized carbons (Fsp3) is 1.00. The molecule has 3 rings (SSSR count). The van der Waals surface area contributed by atoms with Crippen LogP contribution in [0.2, 0.25) is 0 Å². The molecule has 0 aromatic heterocycles. The van der Waals surface area contributed by atoms with E-state index in [2.05, 4.69) is 31.0 Å². The number of hydrogen-bond acceptors (Lipinski definition) is 2. The molecular formula is C19H36N2. The normalized spacial score (nSPS) is 40.1. The number of nitrogens with zero attached hydrogens (tertiary/aromatic N) is 1. The predicted molar refractivity (Wildman–Crippen MR) is 90.6 cm³/mol. The molecule has 2 saturated carbocycles. The lowest BCUT2D eigenvalue weighted by Gasteiger charge is -2.50. The molecule has 3 aliphatic rings. The minimum absolute atomic E-state index is 0.463. The highest BCUT2D eigenvalue weighted by Gasteiger charge is 2.46. The predicted octanol–water partition coefficient (Wildman–Crippen LogP) is 4.20. The van der Waals surface area contributed by atoms with Gasteiger partial charge in [-0.15, -0.1) is 0 Å². The fourth-order valence-corrected chi connectivity index (χ4v) is 5.53. The van der Waals surface area contributed by atoms with Crippen LogP contribution in [0.15, 0.2) is 0 Å². The van der Waals surface area contributed by atoms with Crippen LogP contribution >= 0.6 is 0 Å². The molecular weight excluding hydrogens is 256 g/mol. The molecule has 0 bridgehead atoms. The highest BCUT2D eigenvalue weighted by atomic mass is 15.2. The third-order valence-electron chi connectivity index (χ3n) is 6.64. The van der Waals surface area contributed by atoms with E-state index in [1.54, 1.807) is 0 Å². The fourth-order valence-electron chi connectivity index (χ4n) is 5.53. The maximum atomic E-state index is 3.94. The van der Waals surface area contributed by atoms with Crippen LogP contribution in [-0.2, 0) is 0 Å². The van der Waals surface area contributed by atoms with Gasteiger partial charge in [0.1, 0.15) is 0 Å². The number of likely N-dealkylation sites (tertiary alicyclic amines) is 1. The molecule has 2 nitrogen and oxygen atoms in total. The van der Waals surface area contributed by atoms with E-state index in [9.17, 15) is 0 Å². The zero-order valence-corrected chi connectivity index (χ0v) is 14.5. The first kappa shape index (κ1) is 15.8. The minimum atomic E-state index is 0.463. The van der Waals surface area contributed by atoms with Crippen LogP contribution in [0.4, 0.5) is 0 Å². The number of rotatable bonds is 4. The standard InChI is InChI=1S/C19H36N2/c1-4-13-20-18-17(10-7-12-19(18,2)3)21-14-11-15-8-5-6-9-16(15)21/h15-18,20H,4-14H2,1-3H3. The van der Waals surface area contributed by atoms with Gasteiger partial charge in [0.15, 0.2) is 0 Å². The molecule has 0 aromatic carbocycles. The molecule has 1 aliphatic heterocycles. The maximum absolute atomic E-state index is 3.94. The molecule has 3 fully saturated rings. The number of fused-ring (bicyclic) bond motifs is 1. The molecule has 1 saturated heterocycles. The summed E-state index contributed by atoms with van der Waals surface area (Å²) >= 11 is 0. The van der Waals surface area contributed by atoms with Gasteiger partial charge in [-0.05, 0) is 62.9 Å². The zero-order chi connectivity index (χ0) is 14.9. The maximum Gasteiger partial charge on any atom is 0.0274 e. The second kappa shape index (κ2) is 6.58. The molecule has 1 N–H and O–H groups in total. The minimum Gasteiger partial charge on any atom is -0.312 e. The lowest BCUT2D eigenvalue weighted by molar-refractivity contribution is 0.0282. The first-order valence-corrected chi connectivity index (χ1v) is 9.62. The van der Waals surface area contributed by atoms with Crippen molar-refractivity contribution in [3.63, 3.8) is 0 Å². The Morgan fingerprint density at radius 2 is 1.76 bits per heavy atom. The van der Waals surface area contributed by atoms with Gasteiger partial charge in [0.2, 0.25) is 0 Å². The summed E-state index contributed by atoms with van der Waals surface area (Å²) in [6.07, 6.45) is 12.9. The Morgan fingerprint density at radius 3 is 2.57 bits per heavy atom. The molecule has 0 amide bonds. The monoisotopic (exact) mass is 292 g/mol. The van der Waals surface area contributed by atoms with E-state index in [1.165, 1.54) is 70.9 Å². The van der Waals surface area contributed by atoms with E-state index >= 15 is 0 Å². The van der Waals surface area contributed by atoms with Gasteiger partial charge in [-0.3, -0.25) is 4.90 Å². The number of nitrogens with one attached hydrogen (secondary N) is 1. The Kier molecular flexibility index (Phi) is 4.95. The van der Waals surface area contributed by atoms with E-state index in [0.717, 1.165) is 18.0 Å². The van der Waals surface area contributed by atoms with Crippen molar-refractivity contribution in [3.05, 3.63) is 0 Å². The van der Waals surface area contributed by atoms with Crippen LogP contribution in [0.25, 0.3) is 0 Å². The van der Waals surface area contributed by atoms with Crippen molar-refractivity contribution in [1.29, 1.82) is 0 Å². The van der Waals surface area contributed by atoms with E-state index in [1.807, 2.05) is 0 Å². The first-order chi connectivity index (χ1) is 10.1. The third kappa shape index (κ3) is 3.17. The van der Waals surface area contributed by atoms with Gasteiger partial charge in [-0.1, -0.05) is 40.0 Å². The Hall–Kier alpha value is -0.0800. The van der Waals surface area contributed by atoms with Gasteiger partial charge in [0.05, 0.1) is 0 Å². The summed E-state index contributed by atoms with van der Waals surface area (Å²) in [6.45, 7) is 9.86. The molecule has 1 heterocycles. The molecule has 0 spiro atoms. The van der Waals surface area contributed by atoms with Crippen molar-refractivity contribution in [3.8, 4) is 0 Å². The van der Waals surface area contributed by atoms with Gasteiger partial charge in [-0.2, -0.15) is 0 Å². The molecule has 2 heteroatoms. The SMILES string of the molecule is CCCNC1C(N2CCC3CCCCC32)CCCC1(C)C. The van der Waals surface area contributed by atoms with Crippen LogP contribution in [0.1, 0.15) is 78.6 Å².